The number of aromatic nitrogens is 2. The second-order valence-electron chi connectivity index (χ2n) is 7.08. The van der Waals surface area contributed by atoms with Crippen molar-refractivity contribution < 1.29 is 21.7 Å². The summed E-state index contributed by atoms with van der Waals surface area (Å²) in [4.78, 5) is 4.22. The quantitative estimate of drug-likeness (QED) is 0.641. The average molecular weight is 419 g/mol. The number of hydrogen-bond acceptors (Lipinski definition) is 5. The number of hydrogen-bond donors (Lipinski definition) is 0. The minimum Gasteiger partial charge on any atom is -0.334 e. The molecule has 152 valence electrons. The molecular formula is C20H19F2N3O3S. The third-order valence-electron chi connectivity index (χ3n) is 5.05. The number of halogens is 2. The van der Waals surface area contributed by atoms with Crippen LogP contribution in [0, 0.1) is 18.6 Å². The smallest absolute Gasteiger partial charge is 0.257 e. The van der Waals surface area contributed by atoms with Crippen molar-refractivity contribution in [3.8, 4) is 11.5 Å². The van der Waals surface area contributed by atoms with Crippen molar-refractivity contribution in [2.75, 3.05) is 13.1 Å². The largest absolute Gasteiger partial charge is 0.334 e. The Morgan fingerprint density at radius 3 is 2.52 bits per heavy atom. The number of nitrogens with zero attached hydrogens (tertiary/aromatic N) is 3. The molecule has 0 saturated carbocycles. The van der Waals surface area contributed by atoms with Gasteiger partial charge in [-0.05, 0) is 50.1 Å². The van der Waals surface area contributed by atoms with Gasteiger partial charge in [-0.1, -0.05) is 22.9 Å². The lowest BCUT2D eigenvalue weighted by molar-refractivity contribution is 0.307. The van der Waals surface area contributed by atoms with Crippen LogP contribution in [0.25, 0.3) is 11.5 Å². The Kier molecular flexibility index (Phi) is 5.18. The molecule has 9 heteroatoms. The molecule has 0 amide bonds. The molecule has 0 radical (unpaired) electrons. The molecule has 4 rings (SSSR count). The molecule has 0 atom stereocenters. The normalized spacial score (nSPS) is 16.2. The molecule has 1 aromatic heterocycles. The molecule has 1 aliphatic heterocycles. The Bertz CT molecular complexity index is 1140. The second kappa shape index (κ2) is 7.64. The monoisotopic (exact) mass is 419 g/mol. The molecule has 0 N–H and O–H groups in total. The lowest BCUT2D eigenvalue weighted by Gasteiger charge is -2.29. The van der Waals surface area contributed by atoms with Crippen LogP contribution in [0.1, 0.15) is 30.1 Å². The summed E-state index contributed by atoms with van der Waals surface area (Å²) >= 11 is 0. The van der Waals surface area contributed by atoms with E-state index >= 15 is 0 Å². The lowest BCUT2D eigenvalue weighted by Crippen LogP contribution is -2.38. The lowest BCUT2D eigenvalue weighted by atomic mass is 9.97. The van der Waals surface area contributed by atoms with Gasteiger partial charge in [0.2, 0.25) is 10.0 Å². The van der Waals surface area contributed by atoms with Gasteiger partial charge in [0.15, 0.2) is 17.5 Å². The summed E-state index contributed by atoms with van der Waals surface area (Å²) < 4.78 is 58.6. The number of benzene rings is 2. The standard InChI is InChI=1S/C20H19F2N3O3S/c1-13-3-2-4-15(11-13)20-23-19(24-28-20)14-7-9-25(10-8-14)29(26,27)16-5-6-17(21)18(22)12-16/h2-6,11-12,14H,7-10H2,1H3. The molecule has 0 unspecified atom stereocenters. The number of sulfonamides is 1. The van der Waals surface area contributed by atoms with Crippen LogP contribution in [0.5, 0.6) is 0 Å². The maximum atomic E-state index is 13.4. The molecule has 0 bridgehead atoms. The van der Waals surface area contributed by atoms with E-state index in [1.807, 2.05) is 31.2 Å². The van der Waals surface area contributed by atoms with Gasteiger partial charge in [0.1, 0.15) is 0 Å². The zero-order chi connectivity index (χ0) is 20.6. The molecule has 0 spiro atoms. The summed E-state index contributed by atoms with van der Waals surface area (Å²) in [5.74, 6) is -1.32. The van der Waals surface area contributed by atoms with Crippen LogP contribution in [0.4, 0.5) is 8.78 Å². The Hall–Kier alpha value is -2.65. The SMILES string of the molecule is Cc1cccc(-c2nc(C3CCN(S(=O)(=O)c4ccc(F)c(F)c4)CC3)no2)c1. The first-order valence-electron chi connectivity index (χ1n) is 9.20. The minimum atomic E-state index is -3.89. The topological polar surface area (TPSA) is 76.3 Å². The van der Waals surface area contributed by atoms with Crippen molar-refractivity contribution in [1.82, 2.24) is 14.4 Å². The van der Waals surface area contributed by atoms with Crippen LogP contribution in [-0.2, 0) is 10.0 Å². The highest BCUT2D eigenvalue weighted by molar-refractivity contribution is 7.89. The van der Waals surface area contributed by atoms with Crippen LogP contribution in [0.15, 0.2) is 51.9 Å². The van der Waals surface area contributed by atoms with Gasteiger partial charge in [0.05, 0.1) is 4.90 Å². The van der Waals surface area contributed by atoms with Gasteiger partial charge >= 0.3 is 0 Å². The van der Waals surface area contributed by atoms with Gasteiger partial charge in [-0.25, -0.2) is 17.2 Å². The molecule has 1 aliphatic rings. The third-order valence-corrected chi connectivity index (χ3v) is 6.95. The summed E-state index contributed by atoms with van der Waals surface area (Å²) in [6, 6.07) is 10.3. The Balaban J connectivity index is 1.46. The van der Waals surface area contributed by atoms with E-state index in [0.29, 0.717) is 30.6 Å². The van der Waals surface area contributed by atoms with Crippen molar-refractivity contribution in [2.24, 2.45) is 0 Å². The van der Waals surface area contributed by atoms with Crippen molar-refractivity contribution in [3.63, 3.8) is 0 Å². The highest BCUT2D eigenvalue weighted by Crippen LogP contribution is 2.31. The van der Waals surface area contributed by atoms with Crippen LogP contribution in [0.2, 0.25) is 0 Å². The molecule has 1 fully saturated rings. The molecule has 2 aromatic carbocycles. The average Bonchev–Trinajstić information content (AvgIpc) is 3.20. The van der Waals surface area contributed by atoms with E-state index in [9.17, 15) is 17.2 Å². The number of piperidine rings is 1. The highest BCUT2D eigenvalue weighted by Gasteiger charge is 2.32. The van der Waals surface area contributed by atoms with Crippen molar-refractivity contribution in [2.45, 2.75) is 30.6 Å². The molecule has 1 saturated heterocycles. The van der Waals surface area contributed by atoms with Gasteiger partial charge in [-0.2, -0.15) is 9.29 Å². The van der Waals surface area contributed by atoms with E-state index in [1.54, 1.807) is 0 Å². The number of aryl methyl sites for hydroxylation is 1. The van der Waals surface area contributed by atoms with Crippen molar-refractivity contribution in [1.29, 1.82) is 0 Å². The fraction of sp³-hybridized carbons (Fsp3) is 0.300. The Labute approximate surface area is 167 Å². The van der Waals surface area contributed by atoms with Gasteiger partial charge in [0, 0.05) is 24.6 Å². The molecule has 29 heavy (non-hydrogen) atoms. The maximum Gasteiger partial charge on any atom is 0.257 e. The zero-order valence-corrected chi connectivity index (χ0v) is 16.5. The highest BCUT2D eigenvalue weighted by atomic mass is 32.2. The molecular weight excluding hydrogens is 400 g/mol. The van der Waals surface area contributed by atoms with Gasteiger partial charge in [-0.3, -0.25) is 0 Å². The Morgan fingerprint density at radius 1 is 1.07 bits per heavy atom. The van der Waals surface area contributed by atoms with Gasteiger partial charge < -0.3 is 4.52 Å². The number of rotatable bonds is 4. The van der Waals surface area contributed by atoms with E-state index in [4.69, 9.17) is 4.52 Å². The van der Waals surface area contributed by atoms with Gasteiger partial charge in [-0.15, -0.1) is 0 Å². The summed E-state index contributed by atoms with van der Waals surface area (Å²) in [6.07, 6.45) is 1.02. The van der Waals surface area contributed by atoms with E-state index in [1.165, 1.54) is 4.31 Å². The van der Waals surface area contributed by atoms with E-state index in [2.05, 4.69) is 10.1 Å². The molecule has 0 aliphatic carbocycles. The second-order valence-corrected chi connectivity index (χ2v) is 9.02. The molecule has 6 nitrogen and oxygen atoms in total. The van der Waals surface area contributed by atoms with Crippen LogP contribution in [-0.4, -0.2) is 36.0 Å². The maximum absolute atomic E-state index is 13.4. The fourth-order valence-electron chi connectivity index (χ4n) is 3.44. The van der Waals surface area contributed by atoms with Crippen molar-refractivity contribution >= 4 is 10.0 Å². The van der Waals surface area contributed by atoms with Gasteiger partial charge in [0.25, 0.3) is 5.89 Å². The summed E-state index contributed by atoms with van der Waals surface area (Å²) in [5, 5.41) is 4.07. The Morgan fingerprint density at radius 2 is 1.83 bits per heavy atom. The third kappa shape index (κ3) is 3.92. The predicted octanol–water partition coefficient (Wildman–Crippen LogP) is 3.89. The molecule has 2 heterocycles. The minimum absolute atomic E-state index is 0.0336. The first-order chi connectivity index (χ1) is 13.8. The first kappa shape index (κ1) is 19.7. The summed E-state index contributed by atoms with van der Waals surface area (Å²) in [5.41, 5.74) is 1.92. The molecule has 3 aromatic rings. The van der Waals surface area contributed by atoms with Crippen LogP contribution >= 0.6 is 0 Å². The van der Waals surface area contributed by atoms with E-state index in [-0.39, 0.29) is 23.9 Å². The summed E-state index contributed by atoms with van der Waals surface area (Å²) in [7, 11) is -3.89. The first-order valence-corrected chi connectivity index (χ1v) is 10.6. The van der Waals surface area contributed by atoms with Crippen molar-refractivity contribution in [3.05, 3.63) is 65.5 Å². The van der Waals surface area contributed by atoms with Crippen LogP contribution < -0.4 is 0 Å². The van der Waals surface area contributed by atoms with Crippen LogP contribution in [0.3, 0.4) is 0 Å². The fourth-order valence-corrected chi connectivity index (χ4v) is 4.92. The zero-order valence-electron chi connectivity index (χ0n) is 15.7. The van der Waals surface area contributed by atoms with E-state index in [0.717, 1.165) is 23.3 Å². The van der Waals surface area contributed by atoms with E-state index < -0.39 is 21.7 Å². The summed E-state index contributed by atoms with van der Waals surface area (Å²) in [6.45, 7) is 2.45. The predicted molar refractivity (Wildman–Crippen MR) is 102 cm³/mol.